The van der Waals surface area contributed by atoms with Gasteiger partial charge in [0.25, 0.3) is 5.56 Å². The number of hydrogen-bond donors (Lipinski definition) is 1. The van der Waals surface area contributed by atoms with Gasteiger partial charge in [0.15, 0.2) is 0 Å². The number of aromatic nitrogens is 2. The van der Waals surface area contributed by atoms with Gasteiger partial charge in [-0.15, -0.1) is 11.3 Å². The molecule has 90 valence electrons. The average molecular weight is 279 g/mol. The van der Waals surface area contributed by atoms with Crippen molar-refractivity contribution in [3.8, 4) is 5.69 Å². The molecule has 0 fully saturated rings. The Balaban J connectivity index is 2.47. The Morgan fingerprint density at radius 3 is 2.72 bits per heavy atom. The molecule has 0 bridgehead atoms. The largest absolute Gasteiger partial charge is 0.333 e. The lowest BCUT2D eigenvalue weighted by atomic mass is 10.3. The van der Waals surface area contributed by atoms with E-state index < -0.39 is 5.69 Å². The number of halogens is 1. The van der Waals surface area contributed by atoms with Gasteiger partial charge < -0.3 is 4.98 Å². The molecule has 6 heteroatoms. The van der Waals surface area contributed by atoms with Crippen molar-refractivity contribution in [1.82, 2.24) is 9.55 Å². The van der Waals surface area contributed by atoms with E-state index in [9.17, 15) is 9.59 Å². The van der Waals surface area contributed by atoms with E-state index in [1.165, 1.54) is 11.3 Å². The molecule has 18 heavy (non-hydrogen) atoms. The van der Waals surface area contributed by atoms with Crippen LogP contribution in [0.15, 0.2) is 45.3 Å². The van der Waals surface area contributed by atoms with Crippen molar-refractivity contribution in [3.05, 3.63) is 61.6 Å². The maximum Gasteiger partial charge on any atom is 0.333 e. The van der Waals surface area contributed by atoms with Gasteiger partial charge in [-0.05, 0) is 23.6 Å². The smallest absolute Gasteiger partial charge is 0.306 e. The maximum atomic E-state index is 12.3. The lowest BCUT2D eigenvalue weighted by Crippen LogP contribution is -2.33. The Labute approximate surface area is 110 Å². The zero-order chi connectivity index (χ0) is 12.7. The van der Waals surface area contributed by atoms with E-state index in [0.29, 0.717) is 20.9 Å². The summed E-state index contributed by atoms with van der Waals surface area (Å²) in [6.07, 6.45) is 0. The summed E-state index contributed by atoms with van der Waals surface area (Å²) in [4.78, 5) is 26.9. The molecule has 1 aromatic carbocycles. The van der Waals surface area contributed by atoms with Crippen LogP contribution in [0.1, 0.15) is 0 Å². The molecule has 3 aromatic rings. The molecule has 4 nitrogen and oxygen atoms in total. The number of hydrogen-bond acceptors (Lipinski definition) is 3. The molecule has 0 saturated carbocycles. The van der Waals surface area contributed by atoms with Crippen LogP contribution in [0.2, 0.25) is 5.02 Å². The number of nitrogens with zero attached hydrogens (tertiary/aromatic N) is 1. The zero-order valence-electron chi connectivity index (χ0n) is 9.01. The third-order valence-corrected chi connectivity index (χ3v) is 3.82. The SMILES string of the molecule is O=c1[nH]c2ccsc2c(=O)n1-c1ccccc1Cl. The third kappa shape index (κ3) is 1.60. The number of nitrogens with one attached hydrogen (secondary N) is 1. The summed E-state index contributed by atoms with van der Waals surface area (Å²) >= 11 is 7.31. The summed E-state index contributed by atoms with van der Waals surface area (Å²) < 4.78 is 1.57. The van der Waals surface area contributed by atoms with E-state index in [0.717, 1.165) is 4.57 Å². The molecule has 0 aliphatic carbocycles. The van der Waals surface area contributed by atoms with Crippen LogP contribution in [0.5, 0.6) is 0 Å². The second-order valence-corrected chi connectivity index (χ2v) is 5.01. The Morgan fingerprint density at radius 2 is 1.94 bits per heavy atom. The molecule has 3 rings (SSSR count). The second-order valence-electron chi connectivity index (χ2n) is 3.69. The summed E-state index contributed by atoms with van der Waals surface area (Å²) in [5.41, 5.74) is 0.106. The number of thiophene rings is 1. The summed E-state index contributed by atoms with van der Waals surface area (Å²) in [6, 6.07) is 8.46. The van der Waals surface area contributed by atoms with Crippen LogP contribution in [-0.2, 0) is 0 Å². The summed E-state index contributed by atoms with van der Waals surface area (Å²) in [5, 5.41) is 2.12. The Bertz CT molecular complexity index is 847. The molecule has 0 aliphatic heterocycles. The zero-order valence-corrected chi connectivity index (χ0v) is 10.6. The lowest BCUT2D eigenvalue weighted by molar-refractivity contribution is 0.904. The highest BCUT2D eigenvalue weighted by atomic mass is 35.5. The van der Waals surface area contributed by atoms with Gasteiger partial charge in [-0.1, -0.05) is 23.7 Å². The highest BCUT2D eigenvalue weighted by Gasteiger charge is 2.12. The van der Waals surface area contributed by atoms with Gasteiger partial charge in [-0.25, -0.2) is 9.36 Å². The van der Waals surface area contributed by atoms with Crippen molar-refractivity contribution in [1.29, 1.82) is 0 Å². The highest BCUT2D eigenvalue weighted by molar-refractivity contribution is 7.17. The highest BCUT2D eigenvalue weighted by Crippen LogP contribution is 2.18. The van der Waals surface area contributed by atoms with Crippen molar-refractivity contribution in [2.24, 2.45) is 0 Å². The Morgan fingerprint density at radius 1 is 1.17 bits per heavy atom. The predicted octanol–water partition coefficient (Wildman–Crippen LogP) is 2.39. The molecule has 0 saturated heterocycles. The molecule has 0 atom stereocenters. The molecule has 2 heterocycles. The van der Waals surface area contributed by atoms with Gasteiger partial charge in [-0.2, -0.15) is 0 Å². The number of aromatic amines is 1. The van der Waals surface area contributed by atoms with E-state index in [1.807, 2.05) is 0 Å². The molecule has 1 N–H and O–H groups in total. The number of H-pyrrole nitrogens is 1. The van der Waals surface area contributed by atoms with Crippen molar-refractivity contribution in [3.63, 3.8) is 0 Å². The van der Waals surface area contributed by atoms with Crippen molar-refractivity contribution in [2.45, 2.75) is 0 Å². The summed E-state index contributed by atoms with van der Waals surface area (Å²) in [5.74, 6) is 0. The van der Waals surface area contributed by atoms with Crippen molar-refractivity contribution >= 4 is 33.2 Å². The first-order valence-electron chi connectivity index (χ1n) is 5.16. The summed E-state index contributed by atoms with van der Waals surface area (Å²) in [7, 11) is 0. The Kier molecular flexibility index (Phi) is 2.57. The van der Waals surface area contributed by atoms with Gasteiger partial charge in [0.1, 0.15) is 4.70 Å². The van der Waals surface area contributed by atoms with E-state index in [2.05, 4.69) is 4.98 Å². The third-order valence-electron chi connectivity index (χ3n) is 2.60. The van der Waals surface area contributed by atoms with Gasteiger partial charge in [0.05, 0.1) is 16.2 Å². The van der Waals surface area contributed by atoms with Crippen LogP contribution in [-0.4, -0.2) is 9.55 Å². The number of benzene rings is 1. The van der Waals surface area contributed by atoms with E-state index in [-0.39, 0.29) is 5.56 Å². The first kappa shape index (κ1) is 11.3. The molecule has 2 aromatic heterocycles. The van der Waals surface area contributed by atoms with Crippen LogP contribution in [0.4, 0.5) is 0 Å². The van der Waals surface area contributed by atoms with Gasteiger partial charge in [0, 0.05) is 0 Å². The van der Waals surface area contributed by atoms with Crippen LogP contribution >= 0.6 is 22.9 Å². The van der Waals surface area contributed by atoms with Gasteiger partial charge >= 0.3 is 5.69 Å². The molecule has 0 spiro atoms. The molecular weight excluding hydrogens is 272 g/mol. The lowest BCUT2D eigenvalue weighted by Gasteiger charge is -2.06. The molecule has 0 aliphatic rings. The van der Waals surface area contributed by atoms with Crippen LogP contribution in [0.3, 0.4) is 0 Å². The standard InChI is InChI=1S/C12H7ClN2O2S/c13-7-3-1-2-4-9(7)15-11(16)10-8(5-6-18-10)14-12(15)17/h1-6H,(H,14,17). The molecule has 0 radical (unpaired) electrons. The van der Waals surface area contributed by atoms with Crippen molar-refractivity contribution in [2.75, 3.05) is 0 Å². The van der Waals surface area contributed by atoms with Crippen LogP contribution < -0.4 is 11.2 Å². The van der Waals surface area contributed by atoms with E-state index in [1.54, 1.807) is 35.7 Å². The second kappa shape index (κ2) is 4.12. The Hall–Kier alpha value is -1.85. The normalized spacial score (nSPS) is 10.9. The molecule has 0 amide bonds. The van der Waals surface area contributed by atoms with E-state index >= 15 is 0 Å². The number of para-hydroxylation sites is 1. The maximum absolute atomic E-state index is 12.3. The number of rotatable bonds is 1. The molecular formula is C12H7ClN2O2S. The minimum absolute atomic E-state index is 0.350. The fourth-order valence-electron chi connectivity index (χ4n) is 1.79. The van der Waals surface area contributed by atoms with Gasteiger partial charge in [0.2, 0.25) is 0 Å². The summed E-state index contributed by atoms with van der Waals surface area (Å²) in [6.45, 7) is 0. The predicted molar refractivity (Wildman–Crippen MR) is 73.1 cm³/mol. The fraction of sp³-hybridized carbons (Fsp3) is 0. The monoisotopic (exact) mass is 278 g/mol. The first-order chi connectivity index (χ1) is 8.68. The van der Waals surface area contributed by atoms with Crippen LogP contribution in [0, 0.1) is 0 Å². The first-order valence-corrected chi connectivity index (χ1v) is 6.41. The fourth-order valence-corrected chi connectivity index (χ4v) is 2.79. The van der Waals surface area contributed by atoms with E-state index in [4.69, 9.17) is 11.6 Å². The minimum Gasteiger partial charge on any atom is -0.306 e. The van der Waals surface area contributed by atoms with Crippen LogP contribution in [0.25, 0.3) is 15.9 Å². The molecule has 0 unspecified atom stereocenters. The minimum atomic E-state index is -0.487. The number of fused-ring (bicyclic) bond motifs is 1. The average Bonchev–Trinajstić information content (AvgIpc) is 2.79. The van der Waals surface area contributed by atoms with Gasteiger partial charge in [-0.3, -0.25) is 4.79 Å². The topological polar surface area (TPSA) is 54.9 Å². The van der Waals surface area contributed by atoms with Crippen molar-refractivity contribution < 1.29 is 0 Å². The quantitative estimate of drug-likeness (QED) is 0.743.